The second-order valence-electron chi connectivity index (χ2n) is 3.67. The van der Waals surface area contributed by atoms with E-state index in [0.29, 0.717) is 0 Å². The van der Waals surface area contributed by atoms with Crippen molar-refractivity contribution in [1.82, 2.24) is 9.97 Å². The van der Waals surface area contributed by atoms with Crippen LogP contribution in [0.3, 0.4) is 0 Å². The highest BCUT2D eigenvalue weighted by molar-refractivity contribution is 5.79. The Morgan fingerprint density at radius 2 is 2.29 bits per heavy atom. The van der Waals surface area contributed by atoms with Gasteiger partial charge in [0.15, 0.2) is 0 Å². The molecule has 14 heavy (non-hydrogen) atoms. The van der Waals surface area contributed by atoms with E-state index in [-0.39, 0.29) is 0 Å². The average Bonchev–Trinajstić information content (AvgIpc) is 2.63. The maximum absolute atomic E-state index is 4.27. The molecule has 0 atom stereocenters. The Balaban J connectivity index is 2.17. The van der Waals surface area contributed by atoms with Crippen molar-refractivity contribution in [2.45, 2.75) is 32.6 Å². The SMILES string of the molecule is CCCCCc1c[nH]c2ncccc12. The highest BCUT2D eigenvalue weighted by Crippen LogP contribution is 2.17. The third-order valence-electron chi connectivity index (χ3n) is 2.59. The van der Waals surface area contributed by atoms with Crippen molar-refractivity contribution in [3.8, 4) is 0 Å². The average molecular weight is 188 g/mol. The van der Waals surface area contributed by atoms with Gasteiger partial charge in [0.25, 0.3) is 0 Å². The molecule has 0 aliphatic rings. The normalized spacial score (nSPS) is 10.9. The van der Waals surface area contributed by atoms with E-state index in [4.69, 9.17) is 0 Å². The Morgan fingerprint density at radius 3 is 3.14 bits per heavy atom. The summed E-state index contributed by atoms with van der Waals surface area (Å²) < 4.78 is 0. The predicted octanol–water partition coefficient (Wildman–Crippen LogP) is 3.30. The van der Waals surface area contributed by atoms with Gasteiger partial charge in [0.1, 0.15) is 5.65 Å². The predicted molar refractivity (Wildman–Crippen MR) is 59.3 cm³/mol. The molecule has 1 N–H and O–H groups in total. The lowest BCUT2D eigenvalue weighted by Gasteiger charge is -1.97. The van der Waals surface area contributed by atoms with Crippen LogP contribution in [0.2, 0.25) is 0 Å². The molecule has 0 aliphatic carbocycles. The van der Waals surface area contributed by atoms with Crippen LogP contribution in [-0.2, 0) is 6.42 Å². The van der Waals surface area contributed by atoms with Crippen molar-refractivity contribution in [3.63, 3.8) is 0 Å². The first kappa shape index (κ1) is 9.25. The van der Waals surface area contributed by atoms with Crippen LogP contribution >= 0.6 is 0 Å². The highest BCUT2D eigenvalue weighted by atomic mass is 14.8. The Bertz CT molecular complexity index is 403. The molecule has 2 heterocycles. The Labute approximate surface area is 84.4 Å². The molecule has 0 spiro atoms. The molecule has 2 nitrogen and oxygen atoms in total. The lowest BCUT2D eigenvalue weighted by molar-refractivity contribution is 0.719. The first-order valence-electron chi connectivity index (χ1n) is 5.33. The van der Waals surface area contributed by atoms with Crippen LogP contribution in [0.4, 0.5) is 0 Å². The molecule has 74 valence electrons. The fourth-order valence-electron chi connectivity index (χ4n) is 1.78. The minimum atomic E-state index is 1.01. The fraction of sp³-hybridized carbons (Fsp3) is 0.417. The van der Waals surface area contributed by atoms with Gasteiger partial charge < -0.3 is 4.98 Å². The molecule has 0 saturated heterocycles. The van der Waals surface area contributed by atoms with Crippen molar-refractivity contribution in [2.75, 3.05) is 0 Å². The first-order valence-corrected chi connectivity index (χ1v) is 5.33. The number of rotatable bonds is 4. The summed E-state index contributed by atoms with van der Waals surface area (Å²) in [5, 5.41) is 1.28. The van der Waals surface area contributed by atoms with Gasteiger partial charge in [-0.15, -0.1) is 0 Å². The third-order valence-corrected chi connectivity index (χ3v) is 2.59. The number of fused-ring (bicyclic) bond motifs is 1. The van der Waals surface area contributed by atoms with Crippen molar-refractivity contribution >= 4 is 11.0 Å². The largest absolute Gasteiger partial charge is 0.346 e. The summed E-state index contributed by atoms with van der Waals surface area (Å²) in [7, 11) is 0. The highest BCUT2D eigenvalue weighted by Gasteiger charge is 2.02. The van der Waals surface area contributed by atoms with Gasteiger partial charge in [-0.1, -0.05) is 19.8 Å². The van der Waals surface area contributed by atoms with Crippen molar-refractivity contribution in [1.29, 1.82) is 0 Å². The number of nitrogens with one attached hydrogen (secondary N) is 1. The van der Waals surface area contributed by atoms with Gasteiger partial charge in [0.2, 0.25) is 0 Å². The minimum absolute atomic E-state index is 1.01. The molecule has 0 radical (unpaired) electrons. The number of nitrogens with zero attached hydrogens (tertiary/aromatic N) is 1. The molecule has 2 aromatic heterocycles. The zero-order chi connectivity index (χ0) is 9.80. The molecule has 2 rings (SSSR count). The van der Waals surface area contributed by atoms with Gasteiger partial charge in [0, 0.05) is 17.8 Å². The Morgan fingerprint density at radius 1 is 1.36 bits per heavy atom. The number of H-pyrrole nitrogens is 1. The number of hydrogen-bond donors (Lipinski definition) is 1. The Kier molecular flexibility index (Phi) is 2.82. The maximum atomic E-state index is 4.27. The van der Waals surface area contributed by atoms with Crippen LogP contribution in [0.25, 0.3) is 11.0 Å². The van der Waals surface area contributed by atoms with E-state index in [9.17, 15) is 0 Å². The summed E-state index contributed by atoms with van der Waals surface area (Å²) in [4.78, 5) is 7.48. The molecule has 0 aliphatic heterocycles. The van der Waals surface area contributed by atoms with Gasteiger partial charge in [-0.2, -0.15) is 0 Å². The zero-order valence-electron chi connectivity index (χ0n) is 8.59. The van der Waals surface area contributed by atoms with Gasteiger partial charge >= 0.3 is 0 Å². The molecule has 0 unspecified atom stereocenters. The van der Waals surface area contributed by atoms with Crippen LogP contribution in [0, 0.1) is 0 Å². The number of aromatic amines is 1. The topological polar surface area (TPSA) is 28.7 Å². The molecular formula is C12H16N2. The smallest absolute Gasteiger partial charge is 0.137 e. The Hall–Kier alpha value is -1.31. The summed E-state index contributed by atoms with van der Waals surface area (Å²) >= 11 is 0. The lowest BCUT2D eigenvalue weighted by atomic mass is 10.1. The van der Waals surface area contributed by atoms with Gasteiger partial charge in [-0.25, -0.2) is 4.98 Å². The number of unbranched alkanes of at least 4 members (excludes halogenated alkanes) is 2. The quantitative estimate of drug-likeness (QED) is 0.733. The fourth-order valence-corrected chi connectivity index (χ4v) is 1.78. The van der Waals surface area contributed by atoms with Crippen LogP contribution in [-0.4, -0.2) is 9.97 Å². The lowest BCUT2D eigenvalue weighted by Crippen LogP contribution is -1.83. The third kappa shape index (κ3) is 1.79. The van der Waals surface area contributed by atoms with Crippen LogP contribution in [0.5, 0.6) is 0 Å². The van der Waals surface area contributed by atoms with Gasteiger partial charge in [0.05, 0.1) is 0 Å². The van der Waals surface area contributed by atoms with E-state index >= 15 is 0 Å². The minimum Gasteiger partial charge on any atom is -0.346 e. The van der Waals surface area contributed by atoms with E-state index < -0.39 is 0 Å². The second-order valence-corrected chi connectivity index (χ2v) is 3.67. The summed E-state index contributed by atoms with van der Waals surface area (Å²) in [6.45, 7) is 2.23. The molecule has 2 aromatic rings. The maximum Gasteiger partial charge on any atom is 0.137 e. The second kappa shape index (κ2) is 4.27. The van der Waals surface area contributed by atoms with E-state index in [1.54, 1.807) is 0 Å². The van der Waals surface area contributed by atoms with Crippen LogP contribution in [0.15, 0.2) is 24.5 Å². The number of hydrogen-bond acceptors (Lipinski definition) is 1. The van der Waals surface area contributed by atoms with E-state index in [1.165, 1.54) is 36.6 Å². The monoisotopic (exact) mass is 188 g/mol. The number of pyridine rings is 1. The van der Waals surface area contributed by atoms with E-state index in [1.807, 2.05) is 12.3 Å². The molecule has 0 amide bonds. The standard InChI is InChI=1S/C12H16N2/c1-2-3-4-6-10-9-14-12-11(10)7-5-8-13-12/h5,7-9H,2-4,6H2,1H3,(H,13,14). The molecule has 2 heteroatoms. The first-order chi connectivity index (χ1) is 6.92. The van der Waals surface area contributed by atoms with Gasteiger partial charge in [-0.3, -0.25) is 0 Å². The number of aromatic nitrogens is 2. The molecule has 0 bridgehead atoms. The van der Waals surface area contributed by atoms with Crippen molar-refractivity contribution in [2.24, 2.45) is 0 Å². The van der Waals surface area contributed by atoms with Crippen LogP contribution in [0.1, 0.15) is 31.7 Å². The summed E-state index contributed by atoms with van der Waals surface area (Å²) in [6.07, 6.45) is 8.95. The summed E-state index contributed by atoms with van der Waals surface area (Å²) in [5.41, 5.74) is 2.42. The van der Waals surface area contributed by atoms with Crippen molar-refractivity contribution in [3.05, 3.63) is 30.1 Å². The van der Waals surface area contributed by atoms with Crippen molar-refractivity contribution < 1.29 is 0 Å². The van der Waals surface area contributed by atoms with Gasteiger partial charge in [-0.05, 0) is 30.5 Å². The van der Waals surface area contributed by atoms with Crippen LogP contribution < -0.4 is 0 Å². The summed E-state index contributed by atoms with van der Waals surface area (Å²) in [6, 6.07) is 4.14. The van der Waals surface area contributed by atoms with E-state index in [2.05, 4.69) is 29.2 Å². The molecule has 0 saturated carbocycles. The summed E-state index contributed by atoms with van der Waals surface area (Å²) in [5.74, 6) is 0. The van der Waals surface area contributed by atoms with E-state index in [0.717, 1.165) is 5.65 Å². The number of aryl methyl sites for hydroxylation is 1. The molecular weight excluding hydrogens is 172 g/mol. The molecule has 0 fully saturated rings. The molecule has 0 aromatic carbocycles. The zero-order valence-corrected chi connectivity index (χ0v) is 8.59.